The molecular formula is C8H7N3. The Morgan fingerprint density at radius 3 is 3.00 bits per heavy atom. The van der Waals surface area contributed by atoms with E-state index in [9.17, 15) is 0 Å². The molecule has 1 aromatic rings. The van der Waals surface area contributed by atoms with Gasteiger partial charge in [-0.25, -0.2) is 0 Å². The topological polar surface area (TPSA) is 62.2 Å². The van der Waals surface area contributed by atoms with Crippen molar-refractivity contribution < 1.29 is 0 Å². The van der Waals surface area contributed by atoms with E-state index in [1.165, 1.54) is 6.21 Å². The van der Waals surface area contributed by atoms with Gasteiger partial charge in [0, 0.05) is 0 Å². The molecule has 1 rings (SSSR count). The fourth-order valence-electron chi connectivity index (χ4n) is 0.775. The van der Waals surface area contributed by atoms with Crippen molar-refractivity contribution >= 4 is 6.21 Å². The molecule has 0 heterocycles. The van der Waals surface area contributed by atoms with Crippen LogP contribution in [0.4, 0.5) is 0 Å². The summed E-state index contributed by atoms with van der Waals surface area (Å²) in [4.78, 5) is 0. The molecular weight excluding hydrogens is 138 g/mol. The molecule has 0 aromatic heterocycles. The summed E-state index contributed by atoms with van der Waals surface area (Å²) in [5, 5.41) is 11.9. The third kappa shape index (κ3) is 1.80. The molecule has 0 saturated heterocycles. The number of hydrazone groups is 1. The fourth-order valence-corrected chi connectivity index (χ4v) is 0.775. The average molecular weight is 145 g/mol. The number of hydrogen-bond donors (Lipinski definition) is 1. The van der Waals surface area contributed by atoms with Crippen molar-refractivity contribution in [3.8, 4) is 6.07 Å². The van der Waals surface area contributed by atoms with E-state index < -0.39 is 0 Å². The summed E-state index contributed by atoms with van der Waals surface area (Å²) in [6.07, 6.45) is 1.50. The van der Waals surface area contributed by atoms with E-state index in [2.05, 4.69) is 5.10 Å². The summed E-state index contributed by atoms with van der Waals surface area (Å²) < 4.78 is 0. The number of nitriles is 1. The van der Waals surface area contributed by atoms with Crippen LogP contribution in [-0.2, 0) is 0 Å². The molecule has 0 saturated carbocycles. The molecule has 1 aromatic carbocycles. The maximum atomic E-state index is 8.50. The van der Waals surface area contributed by atoms with Crippen LogP contribution in [-0.4, -0.2) is 6.21 Å². The first-order chi connectivity index (χ1) is 5.36. The van der Waals surface area contributed by atoms with Crippen LogP contribution in [0.1, 0.15) is 11.1 Å². The van der Waals surface area contributed by atoms with E-state index in [0.29, 0.717) is 5.56 Å². The minimum Gasteiger partial charge on any atom is -0.323 e. The number of hydrogen-bond acceptors (Lipinski definition) is 3. The molecule has 0 amide bonds. The highest BCUT2D eigenvalue weighted by atomic mass is 15.1. The van der Waals surface area contributed by atoms with Crippen molar-refractivity contribution in [3.05, 3.63) is 35.4 Å². The molecule has 0 aliphatic heterocycles. The lowest BCUT2D eigenvalue weighted by atomic mass is 10.1. The molecule has 0 aliphatic rings. The molecule has 0 fully saturated rings. The zero-order valence-electron chi connectivity index (χ0n) is 5.86. The van der Waals surface area contributed by atoms with Crippen LogP contribution < -0.4 is 5.84 Å². The van der Waals surface area contributed by atoms with Gasteiger partial charge in [0.15, 0.2) is 0 Å². The van der Waals surface area contributed by atoms with Gasteiger partial charge in [0.05, 0.1) is 17.8 Å². The minimum atomic E-state index is 0.613. The molecule has 3 nitrogen and oxygen atoms in total. The van der Waals surface area contributed by atoms with Gasteiger partial charge < -0.3 is 5.84 Å². The van der Waals surface area contributed by atoms with Crippen LogP contribution in [0.25, 0.3) is 0 Å². The highest BCUT2D eigenvalue weighted by Gasteiger charge is 1.89. The van der Waals surface area contributed by atoms with Gasteiger partial charge in [-0.1, -0.05) is 12.1 Å². The summed E-state index contributed by atoms with van der Waals surface area (Å²) in [5.74, 6) is 4.94. The Morgan fingerprint density at radius 2 is 2.36 bits per heavy atom. The van der Waals surface area contributed by atoms with Crippen molar-refractivity contribution in [2.24, 2.45) is 10.9 Å². The van der Waals surface area contributed by atoms with Crippen molar-refractivity contribution in [3.63, 3.8) is 0 Å². The summed E-state index contributed by atoms with van der Waals surface area (Å²) in [6.45, 7) is 0. The van der Waals surface area contributed by atoms with Gasteiger partial charge >= 0.3 is 0 Å². The average Bonchev–Trinajstić information content (AvgIpc) is 2.06. The maximum absolute atomic E-state index is 8.50. The monoisotopic (exact) mass is 145 g/mol. The number of benzene rings is 1. The second-order valence-corrected chi connectivity index (χ2v) is 2.02. The molecule has 0 bridgehead atoms. The predicted octanol–water partition coefficient (Wildman–Crippen LogP) is 0.851. The van der Waals surface area contributed by atoms with E-state index in [1.807, 2.05) is 12.1 Å². The standard InChI is InChI=1S/C8H7N3/c9-5-7-2-1-3-8(4-7)6-11-10/h1-4,6H,10H2. The first-order valence-corrected chi connectivity index (χ1v) is 3.10. The lowest BCUT2D eigenvalue weighted by Gasteiger charge is -1.90. The third-order valence-corrected chi connectivity index (χ3v) is 1.24. The molecule has 2 N–H and O–H groups in total. The number of nitrogens with zero attached hydrogens (tertiary/aromatic N) is 2. The Bertz CT molecular complexity index is 309. The van der Waals surface area contributed by atoms with Crippen molar-refractivity contribution in [1.29, 1.82) is 5.26 Å². The summed E-state index contributed by atoms with van der Waals surface area (Å²) in [6, 6.07) is 9.09. The lowest BCUT2D eigenvalue weighted by Crippen LogP contribution is -1.86. The summed E-state index contributed by atoms with van der Waals surface area (Å²) in [5.41, 5.74) is 1.45. The molecule has 0 radical (unpaired) electrons. The van der Waals surface area contributed by atoms with Gasteiger partial charge in [-0.15, -0.1) is 0 Å². The summed E-state index contributed by atoms with van der Waals surface area (Å²) in [7, 11) is 0. The summed E-state index contributed by atoms with van der Waals surface area (Å²) >= 11 is 0. The molecule has 11 heavy (non-hydrogen) atoms. The quantitative estimate of drug-likeness (QED) is 0.361. The van der Waals surface area contributed by atoms with Gasteiger partial charge in [-0.3, -0.25) is 0 Å². The molecule has 0 aliphatic carbocycles. The second-order valence-electron chi connectivity index (χ2n) is 2.02. The Hall–Kier alpha value is -1.82. The van der Waals surface area contributed by atoms with Crippen LogP contribution in [0.3, 0.4) is 0 Å². The lowest BCUT2D eigenvalue weighted by molar-refractivity contribution is 1.26. The molecule has 54 valence electrons. The van der Waals surface area contributed by atoms with Gasteiger partial charge in [-0.05, 0) is 17.7 Å². The number of nitrogens with two attached hydrogens (primary N) is 1. The van der Waals surface area contributed by atoms with Crippen LogP contribution >= 0.6 is 0 Å². The fraction of sp³-hybridized carbons (Fsp3) is 0. The van der Waals surface area contributed by atoms with Crippen LogP contribution in [0.5, 0.6) is 0 Å². The zero-order valence-corrected chi connectivity index (χ0v) is 5.86. The maximum Gasteiger partial charge on any atom is 0.0991 e. The van der Waals surface area contributed by atoms with Crippen LogP contribution in [0.2, 0.25) is 0 Å². The SMILES string of the molecule is N#Cc1cccc(C=NN)c1. The Morgan fingerprint density at radius 1 is 1.55 bits per heavy atom. The van der Waals surface area contributed by atoms with Gasteiger partial charge in [0.1, 0.15) is 0 Å². The van der Waals surface area contributed by atoms with E-state index in [-0.39, 0.29) is 0 Å². The Labute approximate surface area is 64.8 Å². The van der Waals surface area contributed by atoms with Gasteiger partial charge in [0.2, 0.25) is 0 Å². The molecule has 3 heteroatoms. The molecule has 0 spiro atoms. The first kappa shape index (κ1) is 7.29. The Balaban J connectivity index is 3.03. The minimum absolute atomic E-state index is 0.613. The van der Waals surface area contributed by atoms with E-state index in [1.54, 1.807) is 18.2 Å². The molecule has 0 unspecified atom stereocenters. The highest BCUT2D eigenvalue weighted by Crippen LogP contribution is 2.00. The molecule has 0 atom stereocenters. The van der Waals surface area contributed by atoms with Crippen LogP contribution in [0, 0.1) is 11.3 Å². The van der Waals surface area contributed by atoms with Crippen molar-refractivity contribution in [2.45, 2.75) is 0 Å². The van der Waals surface area contributed by atoms with Gasteiger partial charge in [0.25, 0.3) is 0 Å². The highest BCUT2D eigenvalue weighted by molar-refractivity contribution is 5.79. The Kier molecular flexibility index (Phi) is 2.24. The number of rotatable bonds is 1. The van der Waals surface area contributed by atoms with E-state index >= 15 is 0 Å². The van der Waals surface area contributed by atoms with E-state index in [0.717, 1.165) is 5.56 Å². The van der Waals surface area contributed by atoms with E-state index in [4.69, 9.17) is 11.1 Å². The zero-order chi connectivity index (χ0) is 8.10. The third-order valence-electron chi connectivity index (χ3n) is 1.24. The smallest absolute Gasteiger partial charge is 0.0991 e. The second kappa shape index (κ2) is 3.37. The predicted molar refractivity (Wildman–Crippen MR) is 42.9 cm³/mol. The van der Waals surface area contributed by atoms with Gasteiger partial charge in [-0.2, -0.15) is 10.4 Å². The largest absolute Gasteiger partial charge is 0.323 e. The first-order valence-electron chi connectivity index (χ1n) is 3.10. The van der Waals surface area contributed by atoms with Crippen molar-refractivity contribution in [1.82, 2.24) is 0 Å². The van der Waals surface area contributed by atoms with Crippen LogP contribution in [0.15, 0.2) is 29.4 Å². The van der Waals surface area contributed by atoms with Crippen molar-refractivity contribution in [2.75, 3.05) is 0 Å². The normalized spacial score (nSPS) is 9.73.